The fourth-order valence-corrected chi connectivity index (χ4v) is 1.55. The first-order valence-corrected chi connectivity index (χ1v) is 5.37. The molecule has 84 valence electrons. The molecular formula is C13H9ClN2O. The van der Waals surface area contributed by atoms with Crippen LogP contribution in [0.5, 0.6) is 11.5 Å². The van der Waals surface area contributed by atoms with Crippen molar-refractivity contribution in [2.45, 2.75) is 6.92 Å². The van der Waals surface area contributed by atoms with Gasteiger partial charge in [0.2, 0.25) is 0 Å². The van der Waals surface area contributed by atoms with E-state index in [9.17, 15) is 0 Å². The Morgan fingerprint density at radius 3 is 2.82 bits per heavy atom. The number of aromatic nitrogens is 1. The van der Waals surface area contributed by atoms with Crippen LogP contribution < -0.4 is 4.74 Å². The van der Waals surface area contributed by atoms with Crippen LogP contribution in [0.1, 0.15) is 11.3 Å². The van der Waals surface area contributed by atoms with Crippen molar-refractivity contribution < 1.29 is 4.74 Å². The van der Waals surface area contributed by atoms with Crippen LogP contribution in [0.4, 0.5) is 0 Å². The average molecular weight is 245 g/mol. The Labute approximate surface area is 104 Å². The molecule has 2 rings (SSSR count). The van der Waals surface area contributed by atoms with E-state index in [1.54, 1.807) is 36.5 Å². The lowest BCUT2D eigenvalue weighted by atomic mass is 10.2. The molecule has 0 bridgehead atoms. The van der Waals surface area contributed by atoms with E-state index in [4.69, 9.17) is 21.6 Å². The van der Waals surface area contributed by atoms with E-state index in [1.165, 1.54) is 0 Å². The second-order valence-electron chi connectivity index (χ2n) is 3.44. The number of pyridine rings is 1. The van der Waals surface area contributed by atoms with Gasteiger partial charge in [-0.05, 0) is 37.3 Å². The molecule has 0 saturated carbocycles. The Balaban J connectivity index is 2.37. The van der Waals surface area contributed by atoms with Crippen LogP contribution in [0.25, 0.3) is 0 Å². The first-order chi connectivity index (χ1) is 8.20. The smallest absolute Gasteiger partial charge is 0.148 e. The van der Waals surface area contributed by atoms with Crippen LogP contribution in [-0.4, -0.2) is 4.98 Å². The number of rotatable bonds is 2. The minimum Gasteiger partial charge on any atom is -0.454 e. The minimum atomic E-state index is 0.403. The normalized spacial score (nSPS) is 9.71. The highest BCUT2D eigenvalue weighted by Crippen LogP contribution is 2.28. The van der Waals surface area contributed by atoms with E-state index >= 15 is 0 Å². The second-order valence-corrected chi connectivity index (χ2v) is 3.88. The molecule has 1 aromatic carbocycles. The largest absolute Gasteiger partial charge is 0.454 e. The molecule has 0 unspecified atom stereocenters. The number of ether oxygens (including phenoxy) is 1. The van der Waals surface area contributed by atoms with Crippen LogP contribution in [0, 0.1) is 18.3 Å². The first kappa shape index (κ1) is 11.4. The summed E-state index contributed by atoms with van der Waals surface area (Å²) in [6.45, 7) is 1.84. The molecule has 0 aliphatic carbocycles. The number of nitriles is 1. The molecule has 0 fully saturated rings. The minimum absolute atomic E-state index is 0.403. The van der Waals surface area contributed by atoms with Gasteiger partial charge in [0, 0.05) is 11.2 Å². The summed E-state index contributed by atoms with van der Waals surface area (Å²) >= 11 is 5.81. The second kappa shape index (κ2) is 4.86. The summed E-state index contributed by atoms with van der Waals surface area (Å²) in [6, 6.07) is 10.6. The summed E-state index contributed by atoms with van der Waals surface area (Å²) in [4.78, 5) is 4.11. The average Bonchev–Trinajstić information content (AvgIpc) is 2.34. The quantitative estimate of drug-likeness (QED) is 0.809. The van der Waals surface area contributed by atoms with Crippen molar-refractivity contribution in [1.82, 2.24) is 4.98 Å². The van der Waals surface area contributed by atoms with E-state index in [2.05, 4.69) is 4.98 Å². The highest BCUT2D eigenvalue weighted by atomic mass is 35.5. The molecule has 0 aliphatic heterocycles. The summed E-state index contributed by atoms with van der Waals surface area (Å²) in [5.41, 5.74) is 1.17. The Morgan fingerprint density at radius 2 is 2.12 bits per heavy atom. The van der Waals surface area contributed by atoms with Gasteiger partial charge in [0.15, 0.2) is 0 Å². The lowest BCUT2D eigenvalue weighted by molar-refractivity contribution is 0.474. The van der Waals surface area contributed by atoms with Gasteiger partial charge in [0.05, 0.1) is 11.3 Å². The number of halogens is 1. The van der Waals surface area contributed by atoms with E-state index in [0.717, 1.165) is 5.69 Å². The fourth-order valence-electron chi connectivity index (χ4n) is 1.37. The van der Waals surface area contributed by atoms with Gasteiger partial charge >= 0.3 is 0 Å². The number of aryl methyl sites for hydroxylation is 1. The molecule has 1 aromatic heterocycles. The molecular weight excluding hydrogens is 236 g/mol. The van der Waals surface area contributed by atoms with E-state index < -0.39 is 0 Å². The van der Waals surface area contributed by atoms with Gasteiger partial charge in [-0.2, -0.15) is 5.26 Å². The number of benzene rings is 1. The monoisotopic (exact) mass is 244 g/mol. The number of hydrogen-bond acceptors (Lipinski definition) is 3. The highest BCUT2D eigenvalue weighted by molar-refractivity contribution is 6.30. The third-order valence-corrected chi connectivity index (χ3v) is 2.48. The van der Waals surface area contributed by atoms with Crippen molar-refractivity contribution in [3.8, 4) is 17.6 Å². The summed E-state index contributed by atoms with van der Waals surface area (Å²) < 4.78 is 5.64. The Morgan fingerprint density at radius 1 is 1.29 bits per heavy atom. The van der Waals surface area contributed by atoms with Gasteiger partial charge in [-0.15, -0.1) is 0 Å². The predicted octanol–water partition coefficient (Wildman–Crippen LogP) is 3.71. The fraction of sp³-hybridized carbons (Fsp3) is 0.0769. The maximum absolute atomic E-state index is 8.99. The van der Waals surface area contributed by atoms with Crippen molar-refractivity contribution >= 4 is 11.6 Å². The van der Waals surface area contributed by atoms with E-state index in [-0.39, 0.29) is 0 Å². The molecule has 2 aromatic rings. The molecule has 17 heavy (non-hydrogen) atoms. The van der Waals surface area contributed by atoms with Crippen LogP contribution in [-0.2, 0) is 0 Å². The van der Waals surface area contributed by atoms with Crippen molar-refractivity contribution in [2.75, 3.05) is 0 Å². The number of nitrogens with zero attached hydrogens (tertiary/aromatic N) is 2. The predicted molar refractivity (Wildman–Crippen MR) is 65.2 cm³/mol. The molecule has 0 spiro atoms. The van der Waals surface area contributed by atoms with Gasteiger partial charge in [-0.25, -0.2) is 0 Å². The van der Waals surface area contributed by atoms with Crippen LogP contribution in [0.3, 0.4) is 0 Å². The molecule has 0 atom stereocenters. The summed E-state index contributed by atoms with van der Waals surface area (Å²) in [5.74, 6) is 1.11. The Bertz CT molecular complexity index is 590. The summed E-state index contributed by atoms with van der Waals surface area (Å²) in [5, 5.41) is 9.50. The zero-order chi connectivity index (χ0) is 12.3. The van der Waals surface area contributed by atoms with E-state index in [1.807, 2.05) is 13.0 Å². The zero-order valence-corrected chi connectivity index (χ0v) is 9.90. The summed E-state index contributed by atoms with van der Waals surface area (Å²) in [7, 11) is 0. The zero-order valence-electron chi connectivity index (χ0n) is 9.14. The first-order valence-electron chi connectivity index (χ1n) is 5.00. The Hall–Kier alpha value is -2.05. The van der Waals surface area contributed by atoms with Gasteiger partial charge in [0.25, 0.3) is 0 Å². The van der Waals surface area contributed by atoms with Crippen molar-refractivity contribution in [3.63, 3.8) is 0 Å². The van der Waals surface area contributed by atoms with Gasteiger partial charge in [0.1, 0.15) is 17.6 Å². The number of hydrogen-bond donors (Lipinski definition) is 0. The topological polar surface area (TPSA) is 45.9 Å². The SMILES string of the molecule is Cc1ncccc1Oc1ccc(Cl)cc1C#N. The molecule has 0 aliphatic rings. The maximum atomic E-state index is 8.99. The molecule has 0 radical (unpaired) electrons. The third kappa shape index (κ3) is 2.55. The molecule has 0 N–H and O–H groups in total. The van der Waals surface area contributed by atoms with Crippen molar-refractivity contribution in [2.24, 2.45) is 0 Å². The standard InChI is InChI=1S/C13H9ClN2O/c1-9-12(3-2-6-16-9)17-13-5-4-11(14)7-10(13)8-15/h2-7H,1H3. The molecule has 0 amide bonds. The third-order valence-electron chi connectivity index (χ3n) is 2.24. The lowest BCUT2D eigenvalue weighted by Crippen LogP contribution is -1.92. The highest BCUT2D eigenvalue weighted by Gasteiger charge is 2.07. The summed E-state index contributed by atoms with van der Waals surface area (Å²) in [6.07, 6.45) is 1.69. The van der Waals surface area contributed by atoms with Crippen LogP contribution >= 0.6 is 11.6 Å². The van der Waals surface area contributed by atoms with Crippen molar-refractivity contribution in [1.29, 1.82) is 5.26 Å². The van der Waals surface area contributed by atoms with Crippen molar-refractivity contribution in [3.05, 3.63) is 52.8 Å². The molecule has 3 nitrogen and oxygen atoms in total. The molecule has 4 heteroatoms. The lowest BCUT2D eigenvalue weighted by Gasteiger charge is -2.09. The molecule has 1 heterocycles. The van der Waals surface area contributed by atoms with E-state index in [0.29, 0.717) is 22.1 Å². The Kier molecular flexibility index (Phi) is 3.27. The van der Waals surface area contributed by atoms with Crippen LogP contribution in [0.2, 0.25) is 5.02 Å². The van der Waals surface area contributed by atoms with Gasteiger partial charge in [-0.1, -0.05) is 11.6 Å². The molecule has 0 saturated heterocycles. The van der Waals surface area contributed by atoms with Crippen LogP contribution in [0.15, 0.2) is 36.5 Å². The van der Waals surface area contributed by atoms with Gasteiger partial charge < -0.3 is 4.74 Å². The maximum Gasteiger partial charge on any atom is 0.148 e. The van der Waals surface area contributed by atoms with Gasteiger partial charge in [-0.3, -0.25) is 4.98 Å².